The zero-order chi connectivity index (χ0) is 22.3. The molecule has 0 unspecified atom stereocenters. The van der Waals surface area contributed by atoms with Gasteiger partial charge in [0.2, 0.25) is 11.7 Å². The molecule has 2 aromatic carbocycles. The Kier molecular flexibility index (Phi) is 6.96. The number of thioether (sulfide) groups is 1. The number of nitrogens with zero attached hydrogens (tertiary/aromatic N) is 2. The Bertz CT molecular complexity index is 1060. The first-order chi connectivity index (χ1) is 15.6. The molecule has 1 aliphatic heterocycles. The summed E-state index contributed by atoms with van der Waals surface area (Å²) < 4.78 is 18.7. The lowest BCUT2D eigenvalue weighted by atomic mass is 10.1. The minimum atomic E-state index is -0.370. The van der Waals surface area contributed by atoms with Crippen molar-refractivity contribution in [1.29, 1.82) is 0 Å². The molecule has 0 bridgehead atoms. The number of ether oxygens (including phenoxy) is 1. The molecule has 2 atom stereocenters. The standard InChI is InChI=1S/C23H21FN4O3S/c24-16-4-8-19(9-5-16)31-18-6-2-15(3-7-18)20-22(29)28-17(10-13-32-20)14-27-23(30)21-25-11-1-12-26-21/h1-9,11-12,17,20H,10,13-14H2,(H,27,30)(H,28,29)/t17-,20+/m0/s1. The summed E-state index contributed by atoms with van der Waals surface area (Å²) in [4.78, 5) is 32.8. The van der Waals surface area contributed by atoms with E-state index in [2.05, 4.69) is 20.6 Å². The van der Waals surface area contributed by atoms with Crippen molar-refractivity contribution in [1.82, 2.24) is 20.6 Å². The highest BCUT2D eigenvalue weighted by Gasteiger charge is 2.27. The molecule has 0 spiro atoms. The van der Waals surface area contributed by atoms with E-state index in [0.29, 0.717) is 18.0 Å². The molecule has 7 nitrogen and oxygen atoms in total. The van der Waals surface area contributed by atoms with E-state index in [1.54, 1.807) is 42.1 Å². The van der Waals surface area contributed by atoms with Crippen LogP contribution in [0.3, 0.4) is 0 Å². The predicted octanol–water partition coefficient (Wildman–Crippen LogP) is 3.50. The van der Waals surface area contributed by atoms with E-state index in [9.17, 15) is 14.0 Å². The quantitative estimate of drug-likeness (QED) is 0.595. The van der Waals surface area contributed by atoms with E-state index in [1.165, 1.54) is 24.5 Å². The second kappa shape index (κ2) is 10.2. The highest BCUT2D eigenvalue weighted by Crippen LogP contribution is 2.33. The van der Waals surface area contributed by atoms with E-state index in [0.717, 1.165) is 17.7 Å². The van der Waals surface area contributed by atoms with Crippen molar-refractivity contribution in [3.8, 4) is 11.5 Å². The summed E-state index contributed by atoms with van der Waals surface area (Å²) >= 11 is 1.56. The van der Waals surface area contributed by atoms with Crippen LogP contribution in [0.2, 0.25) is 0 Å². The molecule has 1 saturated heterocycles. The first-order valence-corrected chi connectivity index (χ1v) is 11.1. The van der Waals surface area contributed by atoms with Crippen molar-refractivity contribution in [2.45, 2.75) is 17.7 Å². The molecule has 2 heterocycles. The van der Waals surface area contributed by atoms with Crippen molar-refractivity contribution in [3.05, 3.63) is 84.2 Å². The van der Waals surface area contributed by atoms with Gasteiger partial charge >= 0.3 is 0 Å². The van der Waals surface area contributed by atoms with Gasteiger partial charge < -0.3 is 15.4 Å². The van der Waals surface area contributed by atoms with Crippen LogP contribution in [-0.4, -0.2) is 40.1 Å². The number of carbonyl (C=O) groups is 2. The fraction of sp³-hybridized carbons (Fsp3) is 0.217. The minimum absolute atomic E-state index is 0.0997. The normalized spacial score (nSPS) is 18.3. The fourth-order valence-corrected chi connectivity index (χ4v) is 4.44. The Morgan fingerprint density at radius 3 is 2.44 bits per heavy atom. The smallest absolute Gasteiger partial charge is 0.289 e. The largest absolute Gasteiger partial charge is 0.457 e. The van der Waals surface area contributed by atoms with Crippen molar-refractivity contribution < 1.29 is 18.7 Å². The topological polar surface area (TPSA) is 93.2 Å². The Labute approximate surface area is 188 Å². The van der Waals surface area contributed by atoms with Crippen LogP contribution in [0.4, 0.5) is 4.39 Å². The average Bonchev–Trinajstić information content (AvgIpc) is 3.01. The lowest BCUT2D eigenvalue weighted by molar-refractivity contribution is -0.121. The molecular formula is C23H21FN4O3S. The molecule has 2 amide bonds. The van der Waals surface area contributed by atoms with Crippen LogP contribution in [0.1, 0.15) is 27.9 Å². The van der Waals surface area contributed by atoms with Crippen LogP contribution < -0.4 is 15.4 Å². The number of halogens is 1. The molecule has 4 rings (SSSR count). The van der Waals surface area contributed by atoms with Crippen LogP contribution in [-0.2, 0) is 4.79 Å². The monoisotopic (exact) mass is 452 g/mol. The third kappa shape index (κ3) is 5.61. The summed E-state index contributed by atoms with van der Waals surface area (Å²) in [5.74, 6) is 1.20. The fourth-order valence-electron chi connectivity index (χ4n) is 3.21. The van der Waals surface area contributed by atoms with E-state index in [1.807, 2.05) is 12.1 Å². The third-order valence-electron chi connectivity index (χ3n) is 4.85. The van der Waals surface area contributed by atoms with Crippen LogP contribution in [0.15, 0.2) is 67.0 Å². The summed E-state index contributed by atoms with van der Waals surface area (Å²) in [6.45, 7) is 0.306. The summed E-state index contributed by atoms with van der Waals surface area (Å²) in [6, 6.07) is 14.5. The van der Waals surface area contributed by atoms with Gasteiger partial charge in [-0.25, -0.2) is 14.4 Å². The SMILES string of the molecule is O=C(NC[C@@H]1CCS[C@H](c2ccc(Oc3ccc(F)cc3)cc2)C(=O)N1)c1ncccn1. The molecular weight excluding hydrogens is 431 g/mol. The average molecular weight is 453 g/mol. The zero-order valence-corrected chi connectivity index (χ0v) is 17.8. The third-order valence-corrected chi connectivity index (χ3v) is 6.14. The highest BCUT2D eigenvalue weighted by atomic mass is 32.2. The van der Waals surface area contributed by atoms with Gasteiger partial charge in [0.1, 0.15) is 22.6 Å². The van der Waals surface area contributed by atoms with E-state index >= 15 is 0 Å². The number of aromatic nitrogens is 2. The van der Waals surface area contributed by atoms with E-state index < -0.39 is 0 Å². The molecule has 9 heteroatoms. The van der Waals surface area contributed by atoms with Gasteiger partial charge in [0.25, 0.3) is 5.91 Å². The van der Waals surface area contributed by atoms with Crippen molar-refractivity contribution in [2.24, 2.45) is 0 Å². The lowest BCUT2D eigenvalue weighted by Crippen LogP contribution is -2.44. The second-order valence-corrected chi connectivity index (χ2v) is 8.37. The molecule has 1 fully saturated rings. The van der Waals surface area contributed by atoms with Gasteiger partial charge in [-0.05, 0) is 60.2 Å². The molecule has 164 valence electrons. The van der Waals surface area contributed by atoms with Crippen LogP contribution >= 0.6 is 11.8 Å². The number of hydrogen-bond donors (Lipinski definition) is 2. The number of benzene rings is 2. The van der Waals surface area contributed by atoms with Gasteiger partial charge in [0, 0.05) is 25.0 Å². The van der Waals surface area contributed by atoms with Crippen molar-refractivity contribution >= 4 is 23.6 Å². The Morgan fingerprint density at radius 2 is 1.75 bits per heavy atom. The van der Waals surface area contributed by atoms with Gasteiger partial charge in [-0.3, -0.25) is 9.59 Å². The first kappa shape index (κ1) is 21.8. The van der Waals surface area contributed by atoms with Gasteiger partial charge in [-0.2, -0.15) is 0 Å². The number of hydrogen-bond acceptors (Lipinski definition) is 6. The second-order valence-electron chi connectivity index (χ2n) is 7.15. The maximum Gasteiger partial charge on any atom is 0.289 e. The van der Waals surface area contributed by atoms with Crippen molar-refractivity contribution in [3.63, 3.8) is 0 Å². The van der Waals surface area contributed by atoms with Crippen LogP contribution in [0, 0.1) is 5.82 Å². The Balaban J connectivity index is 1.33. The van der Waals surface area contributed by atoms with Gasteiger partial charge in [0.15, 0.2) is 0 Å². The molecule has 1 aliphatic rings. The molecule has 0 radical (unpaired) electrons. The van der Waals surface area contributed by atoms with Gasteiger partial charge in [0.05, 0.1) is 0 Å². The summed E-state index contributed by atoms with van der Waals surface area (Å²) in [6.07, 6.45) is 3.74. The van der Waals surface area contributed by atoms with Gasteiger partial charge in [-0.15, -0.1) is 11.8 Å². The maximum absolute atomic E-state index is 13.0. The van der Waals surface area contributed by atoms with Crippen LogP contribution in [0.5, 0.6) is 11.5 Å². The Hall–Kier alpha value is -3.46. The molecule has 1 aromatic heterocycles. The summed E-state index contributed by atoms with van der Waals surface area (Å²) in [7, 11) is 0. The summed E-state index contributed by atoms with van der Waals surface area (Å²) in [5, 5.41) is 5.44. The maximum atomic E-state index is 13.0. The van der Waals surface area contributed by atoms with Crippen molar-refractivity contribution in [2.75, 3.05) is 12.3 Å². The van der Waals surface area contributed by atoms with Gasteiger partial charge in [-0.1, -0.05) is 12.1 Å². The molecule has 32 heavy (non-hydrogen) atoms. The molecule has 2 N–H and O–H groups in total. The Morgan fingerprint density at radius 1 is 1.09 bits per heavy atom. The number of rotatable bonds is 6. The summed E-state index contributed by atoms with van der Waals surface area (Å²) in [5.41, 5.74) is 0.862. The van der Waals surface area contributed by atoms with Crippen LogP contribution in [0.25, 0.3) is 0 Å². The lowest BCUT2D eigenvalue weighted by Gasteiger charge is -2.18. The molecule has 0 aliphatic carbocycles. The first-order valence-electron chi connectivity index (χ1n) is 10.1. The number of amides is 2. The van der Waals surface area contributed by atoms with E-state index in [-0.39, 0.29) is 34.7 Å². The molecule has 0 saturated carbocycles. The number of nitrogens with one attached hydrogen (secondary N) is 2. The minimum Gasteiger partial charge on any atom is -0.457 e. The number of carbonyl (C=O) groups excluding carboxylic acids is 2. The highest BCUT2D eigenvalue weighted by molar-refractivity contribution is 8.00. The molecule has 3 aromatic rings. The van der Waals surface area contributed by atoms with E-state index in [4.69, 9.17) is 4.74 Å². The predicted molar refractivity (Wildman–Crippen MR) is 119 cm³/mol. The zero-order valence-electron chi connectivity index (χ0n) is 17.0.